The van der Waals surface area contributed by atoms with Crippen LogP contribution in [0, 0.1) is 5.41 Å². The third-order valence-corrected chi connectivity index (χ3v) is 3.49. The fourth-order valence-electron chi connectivity index (χ4n) is 2.14. The Morgan fingerprint density at radius 3 is 2.74 bits per heavy atom. The second-order valence-electron chi connectivity index (χ2n) is 4.50. The largest absolute Gasteiger partial charge is 0.395 e. The van der Waals surface area contributed by atoms with Gasteiger partial charge in [0.25, 0.3) is 0 Å². The van der Waals surface area contributed by atoms with E-state index in [-0.39, 0.29) is 5.82 Å². The number of nitrogen functional groups attached to an aromatic ring is 1. The van der Waals surface area contributed by atoms with Crippen LogP contribution in [0.2, 0.25) is 0 Å². The average molecular weight is 265 g/mol. The lowest BCUT2D eigenvalue weighted by molar-refractivity contribution is 0.118. The van der Waals surface area contributed by atoms with Crippen LogP contribution in [0.3, 0.4) is 0 Å². The molecule has 0 amide bonds. The standard InChI is InChI=1S/C11H12FN5O2/c12-8-6(11(8,2-18)3-19)1-17-5-16-10-7(17)9(13)14-4-15-10/h1,4-5,8,18-19H,2-3H2,(H2,13,14,15)/b6-1-. The van der Waals surface area contributed by atoms with Gasteiger partial charge in [-0.25, -0.2) is 19.3 Å². The lowest BCUT2D eigenvalue weighted by atomic mass is 10.1. The van der Waals surface area contributed by atoms with Crippen LogP contribution in [0.4, 0.5) is 10.2 Å². The number of aliphatic hydroxyl groups excluding tert-OH is 2. The van der Waals surface area contributed by atoms with E-state index in [0.29, 0.717) is 16.7 Å². The van der Waals surface area contributed by atoms with E-state index in [1.54, 1.807) is 0 Å². The molecular formula is C11H12FN5O2. The van der Waals surface area contributed by atoms with Crippen LogP contribution < -0.4 is 5.73 Å². The molecule has 19 heavy (non-hydrogen) atoms. The minimum Gasteiger partial charge on any atom is -0.395 e. The molecule has 1 aliphatic carbocycles. The molecule has 4 N–H and O–H groups in total. The predicted octanol–water partition coefficient (Wildman–Crippen LogP) is -0.428. The lowest BCUT2D eigenvalue weighted by Gasteiger charge is -2.04. The van der Waals surface area contributed by atoms with Crippen LogP contribution >= 0.6 is 0 Å². The maximum absolute atomic E-state index is 13.7. The van der Waals surface area contributed by atoms with Gasteiger partial charge in [-0.05, 0) is 5.57 Å². The molecule has 0 aromatic carbocycles. The van der Waals surface area contributed by atoms with Gasteiger partial charge in [0, 0.05) is 6.20 Å². The van der Waals surface area contributed by atoms with E-state index in [0.717, 1.165) is 0 Å². The number of hydrogen-bond acceptors (Lipinski definition) is 6. The van der Waals surface area contributed by atoms with Crippen molar-refractivity contribution in [1.82, 2.24) is 19.5 Å². The highest BCUT2D eigenvalue weighted by Gasteiger charge is 2.60. The van der Waals surface area contributed by atoms with Gasteiger partial charge in [-0.2, -0.15) is 0 Å². The SMILES string of the molecule is Nc1ncnc2ncn(/C=C3/C(F)C3(CO)CO)c12. The summed E-state index contributed by atoms with van der Waals surface area (Å²) in [5.74, 6) is 0.231. The van der Waals surface area contributed by atoms with Crippen molar-refractivity contribution < 1.29 is 14.6 Å². The normalized spacial score (nSPS) is 23.1. The Bertz CT molecular complexity index is 664. The molecule has 8 heteroatoms. The van der Waals surface area contributed by atoms with Crippen molar-refractivity contribution in [1.29, 1.82) is 0 Å². The first-order chi connectivity index (χ1) is 9.14. The number of aliphatic hydroxyl groups is 2. The molecular weight excluding hydrogens is 253 g/mol. The number of anilines is 1. The molecule has 1 atom stereocenters. The summed E-state index contributed by atoms with van der Waals surface area (Å²) in [6.45, 7) is -0.899. The summed E-state index contributed by atoms with van der Waals surface area (Å²) in [4.78, 5) is 11.8. The van der Waals surface area contributed by atoms with Gasteiger partial charge in [0.1, 0.15) is 24.3 Å². The summed E-state index contributed by atoms with van der Waals surface area (Å²) in [6, 6.07) is 0. The third kappa shape index (κ3) is 1.53. The summed E-state index contributed by atoms with van der Waals surface area (Å²) in [6.07, 6.45) is 2.83. The highest BCUT2D eigenvalue weighted by Crippen LogP contribution is 2.54. The van der Waals surface area contributed by atoms with Crippen molar-refractivity contribution >= 4 is 23.2 Å². The fraction of sp³-hybridized carbons (Fsp3) is 0.364. The first-order valence-corrected chi connectivity index (χ1v) is 5.65. The molecule has 0 aliphatic heterocycles. The van der Waals surface area contributed by atoms with Gasteiger partial charge in [0.15, 0.2) is 11.5 Å². The third-order valence-electron chi connectivity index (χ3n) is 3.49. The summed E-state index contributed by atoms with van der Waals surface area (Å²) in [5, 5.41) is 18.4. The van der Waals surface area contributed by atoms with Crippen molar-refractivity contribution in [3.63, 3.8) is 0 Å². The molecule has 1 fully saturated rings. The minimum atomic E-state index is -1.37. The van der Waals surface area contributed by atoms with Gasteiger partial charge in [0.2, 0.25) is 0 Å². The van der Waals surface area contributed by atoms with Crippen LogP contribution in [-0.2, 0) is 0 Å². The van der Waals surface area contributed by atoms with E-state index in [9.17, 15) is 14.6 Å². The van der Waals surface area contributed by atoms with Gasteiger partial charge >= 0.3 is 0 Å². The van der Waals surface area contributed by atoms with Crippen LogP contribution in [0.5, 0.6) is 0 Å². The zero-order valence-corrected chi connectivity index (χ0v) is 9.86. The highest BCUT2D eigenvalue weighted by molar-refractivity contribution is 5.83. The Morgan fingerprint density at radius 2 is 2.11 bits per heavy atom. The predicted molar refractivity (Wildman–Crippen MR) is 65.5 cm³/mol. The van der Waals surface area contributed by atoms with Crippen LogP contribution in [0.1, 0.15) is 0 Å². The monoisotopic (exact) mass is 265 g/mol. The minimum absolute atomic E-state index is 0.231. The molecule has 2 aromatic rings. The molecule has 3 rings (SSSR count). The number of fused-ring (bicyclic) bond motifs is 1. The summed E-state index contributed by atoms with van der Waals surface area (Å²) in [7, 11) is 0. The average Bonchev–Trinajstić information content (AvgIpc) is 2.78. The molecule has 0 spiro atoms. The molecule has 1 aliphatic rings. The van der Waals surface area contributed by atoms with E-state index in [2.05, 4.69) is 15.0 Å². The number of halogens is 1. The van der Waals surface area contributed by atoms with E-state index in [4.69, 9.17) is 5.73 Å². The molecule has 2 heterocycles. The highest BCUT2D eigenvalue weighted by atomic mass is 19.1. The number of imidazole rings is 1. The van der Waals surface area contributed by atoms with E-state index < -0.39 is 24.8 Å². The number of nitrogens with two attached hydrogens (primary N) is 1. The van der Waals surface area contributed by atoms with Gasteiger partial charge in [-0.15, -0.1) is 0 Å². The van der Waals surface area contributed by atoms with E-state index >= 15 is 0 Å². The van der Waals surface area contributed by atoms with Gasteiger partial charge in [0.05, 0.1) is 18.6 Å². The fourth-order valence-corrected chi connectivity index (χ4v) is 2.14. The second-order valence-corrected chi connectivity index (χ2v) is 4.50. The van der Waals surface area contributed by atoms with E-state index in [1.165, 1.54) is 23.4 Å². The van der Waals surface area contributed by atoms with Crippen molar-refractivity contribution in [2.24, 2.45) is 5.41 Å². The number of rotatable bonds is 3. The number of alkyl halides is 1. The Balaban J connectivity index is 2.08. The molecule has 2 aromatic heterocycles. The topological polar surface area (TPSA) is 110 Å². The molecule has 7 nitrogen and oxygen atoms in total. The summed E-state index contributed by atoms with van der Waals surface area (Å²) in [5.41, 5.74) is 5.72. The first-order valence-electron chi connectivity index (χ1n) is 5.65. The maximum atomic E-state index is 13.7. The van der Waals surface area contributed by atoms with Crippen molar-refractivity contribution in [2.75, 3.05) is 18.9 Å². The Hall–Kier alpha value is -2.06. The summed E-state index contributed by atoms with van der Waals surface area (Å²) >= 11 is 0. The number of aromatic nitrogens is 4. The number of hydrogen-bond donors (Lipinski definition) is 3. The molecule has 1 unspecified atom stereocenters. The first kappa shape index (κ1) is 12.0. The van der Waals surface area contributed by atoms with Crippen LogP contribution in [0.15, 0.2) is 18.2 Å². The second kappa shape index (κ2) is 3.97. The Morgan fingerprint density at radius 1 is 1.37 bits per heavy atom. The zero-order valence-electron chi connectivity index (χ0n) is 9.86. The van der Waals surface area contributed by atoms with Crippen LogP contribution in [-0.4, -0.2) is 49.1 Å². The van der Waals surface area contributed by atoms with Gasteiger partial charge in [-0.1, -0.05) is 0 Å². The smallest absolute Gasteiger partial charge is 0.183 e. The number of nitrogens with zero attached hydrogens (tertiary/aromatic N) is 4. The molecule has 0 bridgehead atoms. The van der Waals surface area contributed by atoms with Crippen molar-refractivity contribution in [2.45, 2.75) is 6.17 Å². The molecule has 100 valence electrons. The van der Waals surface area contributed by atoms with Crippen molar-refractivity contribution in [3.05, 3.63) is 18.2 Å². The Kier molecular flexibility index (Phi) is 2.51. The molecule has 0 radical (unpaired) electrons. The van der Waals surface area contributed by atoms with Gasteiger partial charge in [-0.3, -0.25) is 0 Å². The van der Waals surface area contributed by atoms with Crippen LogP contribution in [0.25, 0.3) is 17.4 Å². The van der Waals surface area contributed by atoms with Gasteiger partial charge < -0.3 is 20.5 Å². The quantitative estimate of drug-likeness (QED) is 0.694. The molecule has 1 saturated carbocycles. The molecule has 0 saturated heterocycles. The zero-order chi connectivity index (χ0) is 13.6. The Labute approximate surface area is 107 Å². The summed E-state index contributed by atoms with van der Waals surface area (Å²) < 4.78 is 15.2. The van der Waals surface area contributed by atoms with Crippen molar-refractivity contribution in [3.8, 4) is 0 Å². The lowest BCUT2D eigenvalue weighted by Crippen LogP contribution is -2.15. The van der Waals surface area contributed by atoms with E-state index in [1.807, 2.05) is 0 Å². The maximum Gasteiger partial charge on any atom is 0.183 e.